The molecule has 0 unspecified atom stereocenters. The zero-order valence-electron chi connectivity index (χ0n) is 12.9. The van der Waals surface area contributed by atoms with E-state index in [2.05, 4.69) is 4.99 Å². The Labute approximate surface area is 142 Å². The summed E-state index contributed by atoms with van der Waals surface area (Å²) < 4.78 is 6.50. The van der Waals surface area contributed by atoms with E-state index in [9.17, 15) is 9.59 Å². The Morgan fingerprint density at radius 2 is 1.75 bits per heavy atom. The summed E-state index contributed by atoms with van der Waals surface area (Å²) in [6.45, 7) is 0. The highest BCUT2D eigenvalue weighted by molar-refractivity contribution is 7.06. The van der Waals surface area contributed by atoms with E-state index in [0.29, 0.717) is 21.8 Å². The first kappa shape index (κ1) is 15.9. The van der Waals surface area contributed by atoms with Crippen molar-refractivity contribution in [1.29, 1.82) is 0 Å². The second kappa shape index (κ2) is 7.06. The number of para-hydroxylation sites is 1. The van der Waals surface area contributed by atoms with Gasteiger partial charge in [-0.1, -0.05) is 18.2 Å². The molecule has 0 fully saturated rings. The van der Waals surface area contributed by atoms with E-state index in [1.54, 1.807) is 48.9 Å². The number of amides is 1. The number of carbonyl (C=O) groups is 1. The van der Waals surface area contributed by atoms with Crippen molar-refractivity contribution in [3.63, 3.8) is 0 Å². The first-order valence-corrected chi connectivity index (χ1v) is 8.06. The third-order valence-electron chi connectivity index (χ3n) is 3.34. The second-order valence-electron chi connectivity index (χ2n) is 4.86. The molecule has 120 valence electrons. The number of methoxy groups -OCH3 is 1. The van der Waals surface area contributed by atoms with E-state index in [4.69, 9.17) is 4.74 Å². The van der Waals surface area contributed by atoms with Crippen molar-refractivity contribution in [2.45, 2.75) is 0 Å². The lowest BCUT2D eigenvalue weighted by atomic mass is 10.2. The molecule has 0 aliphatic carbocycles. The Morgan fingerprint density at radius 1 is 1.04 bits per heavy atom. The molecule has 0 saturated carbocycles. The molecule has 1 aromatic heterocycles. The van der Waals surface area contributed by atoms with Crippen molar-refractivity contribution >= 4 is 17.2 Å². The number of carbonyl (C=O) groups excluding carboxylic acids is 1. The molecule has 0 N–H and O–H groups in total. The predicted molar refractivity (Wildman–Crippen MR) is 92.8 cm³/mol. The molecule has 5 nitrogen and oxygen atoms in total. The topological polar surface area (TPSA) is 60.7 Å². The number of ether oxygens (including phenoxy) is 1. The quantitative estimate of drug-likeness (QED) is 0.738. The van der Waals surface area contributed by atoms with E-state index in [1.165, 1.54) is 22.0 Å². The van der Waals surface area contributed by atoms with Crippen molar-refractivity contribution < 1.29 is 9.53 Å². The van der Waals surface area contributed by atoms with Crippen molar-refractivity contribution in [1.82, 2.24) is 4.57 Å². The average molecular weight is 338 g/mol. The maximum absolute atomic E-state index is 12.4. The van der Waals surface area contributed by atoms with Gasteiger partial charge in [0, 0.05) is 11.6 Å². The molecular formula is C18H14N2O3S. The molecule has 2 aromatic carbocycles. The van der Waals surface area contributed by atoms with Crippen molar-refractivity contribution in [2.75, 3.05) is 7.11 Å². The van der Waals surface area contributed by atoms with Crippen molar-refractivity contribution in [3.8, 4) is 11.4 Å². The predicted octanol–water partition coefficient (Wildman–Crippen LogP) is 2.65. The van der Waals surface area contributed by atoms with Crippen LogP contribution in [0.5, 0.6) is 5.75 Å². The van der Waals surface area contributed by atoms with E-state index in [0.717, 1.165) is 0 Å². The van der Waals surface area contributed by atoms with Crippen LogP contribution < -0.4 is 15.1 Å². The third kappa shape index (κ3) is 3.33. The summed E-state index contributed by atoms with van der Waals surface area (Å²) in [6.07, 6.45) is 0. The number of benzene rings is 2. The van der Waals surface area contributed by atoms with Gasteiger partial charge in [0.2, 0.25) is 4.80 Å². The van der Waals surface area contributed by atoms with Gasteiger partial charge in [-0.15, -0.1) is 11.3 Å². The van der Waals surface area contributed by atoms with Gasteiger partial charge in [-0.3, -0.25) is 14.2 Å². The molecule has 6 heteroatoms. The van der Waals surface area contributed by atoms with Crippen LogP contribution in [0.2, 0.25) is 0 Å². The number of hydrogen-bond donors (Lipinski definition) is 0. The first-order chi connectivity index (χ1) is 11.7. The van der Waals surface area contributed by atoms with E-state index >= 15 is 0 Å². The number of aromatic nitrogens is 1. The summed E-state index contributed by atoms with van der Waals surface area (Å²) in [4.78, 5) is 29.1. The molecule has 0 aliphatic rings. The number of hydrogen-bond acceptors (Lipinski definition) is 4. The van der Waals surface area contributed by atoms with Crippen LogP contribution in [0.15, 0.2) is 75.8 Å². The van der Waals surface area contributed by atoms with E-state index < -0.39 is 5.91 Å². The Kier molecular flexibility index (Phi) is 4.67. The zero-order chi connectivity index (χ0) is 16.9. The largest absolute Gasteiger partial charge is 0.497 e. The standard InChI is InChI=1S/C18H14N2O3S/c1-23-15-9-7-13(8-10-15)17(22)19-18-20(16(21)11-12-24-18)14-5-3-2-4-6-14/h2-12H,1H3. The summed E-state index contributed by atoms with van der Waals surface area (Å²) in [7, 11) is 1.56. The Morgan fingerprint density at radius 3 is 2.42 bits per heavy atom. The van der Waals surface area contributed by atoms with E-state index in [1.807, 2.05) is 18.2 Å². The molecular weight excluding hydrogens is 324 g/mol. The van der Waals surface area contributed by atoms with Gasteiger partial charge in [0.25, 0.3) is 11.5 Å². The minimum atomic E-state index is -0.413. The monoisotopic (exact) mass is 338 g/mol. The lowest BCUT2D eigenvalue weighted by molar-refractivity contribution is 0.0998. The van der Waals surface area contributed by atoms with Crippen LogP contribution in [0.1, 0.15) is 10.4 Å². The maximum atomic E-state index is 12.4. The van der Waals surface area contributed by atoms with Gasteiger partial charge in [0.05, 0.1) is 12.8 Å². The van der Waals surface area contributed by atoms with Crippen molar-refractivity contribution in [3.05, 3.63) is 86.8 Å². The van der Waals surface area contributed by atoms with Gasteiger partial charge in [-0.25, -0.2) is 0 Å². The Hall–Kier alpha value is -2.99. The molecule has 3 rings (SSSR count). The van der Waals surface area contributed by atoms with Crippen LogP contribution in [0.4, 0.5) is 0 Å². The van der Waals surface area contributed by atoms with Crippen LogP contribution in [-0.4, -0.2) is 17.6 Å². The summed E-state index contributed by atoms with van der Waals surface area (Å²) in [5, 5.41) is 1.63. The fourth-order valence-electron chi connectivity index (χ4n) is 2.15. The van der Waals surface area contributed by atoms with Gasteiger partial charge in [-0.2, -0.15) is 4.99 Å². The third-order valence-corrected chi connectivity index (χ3v) is 4.10. The Balaban J connectivity index is 2.08. The van der Waals surface area contributed by atoms with E-state index in [-0.39, 0.29) is 5.56 Å². The molecule has 1 heterocycles. The SMILES string of the molecule is COc1ccc(C(=O)N=c2sccc(=O)n2-c2ccccc2)cc1. The van der Waals surface area contributed by atoms with Crippen LogP contribution >= 0.6 is 11.3 Å². The van der Waals surface area contributed by atoms with Gasteiger partial charge in [0.1, 0.15) is 5.75 Å². The first-order valence-electron chi connectivity index (χ1n) is 7.18. The highest BCUT2D eigenvalue weighted by Gasteiger charge is 2.07. The minimum Gasteiger partial charge on any atom is -0.497 e. The molecule has 24 heavy (non-hydrogen) atoms. The molecule has 0 spiro atoms. The van der Waals surface area contributed by atoms with Gasteiger partial charge in [-0.05, 0) is 41.8 Å². The summed E-state index contributed by atoms with van der Waals surface area (Å²) >= 11 is 1.23. The fraction of sp³-hybridized carbons (Fsp3) is 0.0556. The summed E-state index contributed by atoms with van der Waals surface area (Å²) in [5.74, 6) is 0.249. The Bertz CT molecular complexity index is 973. The molecule has 0 saturated heterocycles. The maximum Gasteiger partial charge on any atom is 0.279 e. The van der Waals surface area contributed by atoms with Crippen LogP contribution in [0, 0.1) is 0 Å². The van der Waals surface area contributed by atoms with Gasteiger partial charge >= 0.3 is 0 Å². The average Bonchev–Trinajstić information content (AvgIpc) is 2.62. The fourth-order valence-corrected chi connectivity index (χ4v) is 2.89. The van der Waals surface area contributed by atoms with Gasteiger partial charge in [0.15, 0.2) is 0 Å². The lowest BCUT2D eigenvalue weighted by Gasteiger charge is -2.05. The van der Waals surface area contributed by atoms with Crippen LogP contribution in [-0.2, 0) is 0 Å². The smallest absolute Gasteiger partial charge is 0.279 e. The van der Waals surface area contributed by atoms with Gasteiger partial charge < -0.3 is 4.74 Å². The molecule has 0 atom stereocenters. The van der Waals surface area contributed by atoms with Crippen LogP contribution in [0.3, 0.4) is 0 Å². The highest BCUT2D eigenvalue weighted by Crippen LogP contribution is 2.12. The number of rotatable bonds is 3. The summed E-state index contributed by atoms with van der Waals surface area (Å²) in [6, 6.07) is 17.2. The summed E-state index contributed by atoms with van der Waals surface area (Å²) in [5.41, 5.74) is 0.862. The highest BCUT2D eigenvalue weighted by atomic mass is 32.1. The molecule has 0 radical (unpaired) electrons. The minimum absolute atomic E-state index is 0.235. The zero-order valence-corrected chi connectivity index (χ0v) is 13.7. The van der Waals surface area contributed by atoms with Crippen molar-refractivity contribution in [2.24, 2.45) is 4.99 Å². The molecule has 0 aliphatic heterocycles. The number of nitrogens with zero attached hydrogens (tertiary/aromatic N) is 2. The van der Waals surface area contributed by atoms with Crippen LogP contribution in [0.25, 0.3) is 5.69 Å². The normalized spacial score (nSPS) is 11.3. The molecule has 3 aromatic rings. The lowest BCUT2D eigenvalue weighted by Crippen LogP contribution is -2.30. The molecule has 1 amide bonds. The second-order valence-corrected chi connectivity index (χ2v) is 5.73. The molecule has 0 bridgehead atoms.